The van der Waals surface area contributed by atoms with Crippen molar-refractivity contribution < 1.29 is 9.90 Å². The number of benzene rings is 1. The Morgan fingerprint density at radius 2 is 1.80 bits per heavy atom. The van der Waals surface area contributed by atoms with Crippen LogP contribution in [0.25, 0.3) is 0 Å². The molecule has 0 bridgehead atoms. The number of rotatable bonds is 9. The molecule has 0 unspecified atom stereocenters. The van der Waals surface area contributed by atoms with Crippen molar-refractivity contribution >= 4 is 11.7 Å². The van der Waals surface area contributed by atoms with Gasteiger partial charge in [-0.05, 0) is 31.2 Å². The van der Waals surface area contributed by atoms with E-state index in [4.69, 9.17) is 5.11 Å². The third-order valence-corrected chi connectivity index (χ3v) is 3.38. The minimum Gasteiger partial charge on any atom is -0.481 e. The highest BCUT2D eigenvalue weighted by Crippen LogP contribution is 2.15. The number of carboxylic acid groups (broad SMARTS) is 1. The van der Waals surface area contributed by atoms with Gasteiger partial charge < -0.3 is 14.9 Å². The number of nitrogens with zero attached hydrogens (tertiary/aromatic N) is 2. The Morgan fingerprint density at radius 1 is 1.15 bits per heavy atom. The van der Waals surface area contributed by atoms with E-state index in [-0.39, 0.29) is 6.42 Å². The Bertz CT molecular complexity index is 403. The van der Waals surface area contributed by atoms with Crippen molar-refractivity contribution in [3.8, 4) is 0 Å². The molecule has 0 amide bonds. The van der Waals surface area contributed by atoms with Crippen molar-refractivity contribution in [2.45, 2.75) is 32.7 Å². The van der Waals surface area contributed by atoms with E-state index in [9.17, 15) is 4.79 Å². The van der Waals surface area contributed by atoms with E-state index in [0.29, 0.717) is 6.54 Å². The number of hydrogen-bond donors (Lipinski definition) is 1. The molecule has 20 heavy (non-hydrogen) atoms. The van der Waals surface area contributed by atoms with E-state index < -0.39 is 5.97 Å². The first-order chi connectivity index (χ1) is 9.52. The van der Waals surface area contributed by atoms with E-state index in [1.165, 1.54) is 24.1 Å². The second-order valence-corrected chi connectivity index (χ2v) is 5.32. The van der Waals surface area contributed by atoms with E-state index in [2.05, 4.69) is 43.1 Å². The predicted molar refractivity (Wildman–Crippen MR) is 83.2 cm³/mol. The predicted octanol–water partition coefficient (Wildman–Crippen LogP) is 2.83. The maximum absolute atomic E-state index is 10.5. The number of aliphatic carboxylic acids is 1. The summed E-state index contributed by atoms with van der Waals surface area (Å²) < 4.78 is 0. The van der Waals surface area contributed by atoms with Gasteiger partial charge in [0.1, 0.15) is 0 Å². The quantitative estimate of drug-likeness (QED) is 0.754. The number of carboxylic acids is 1. The lowest BCUT2D eigenvalue weighted by atomic mass is 10.2. The van der Waals surface area contributed by atoms with Crippen LogP contribution >= 0.6 is 0 Å². The molecule has 0 aliphatic rings. The molecule has 0 saturated carbocycles. The first-order valence-corrected chi connectivity index (χ1v) is 7.23. The van der Waals surface area contributed by atoms with Gasteiger partial charge in [0.15, 0.2) is 0 Å². The van der Waals surface area contributed by atoms with Gasteiger partial charge in [0.2, 0.25) is 0 Å². The Labute approximate surface area is 122 Å². The van der Waals surface area contributed by atoms with Crippen LogP contribution in [-0.4, -0.2) is 43.2 Å². The molecule has 1 N–H and O–H groups in total. The average Bonchev–Trinajstić information content (AvgIpc) is 2.43. The van der Waals surface area contributed by atoms with Crippen LogP contribution in [0.15, 0.2) is 24.3 Å². The molecule has 1 aromatic rings. The first-order valence-electron chi connectivity index (χ1n) is 7.23. The van der Waals surface area contributed by atoms with Crippen LogP contribution in [-0.2, 0) is 11.3 Å². The van der Waals surface area contributed by atoms with Gasteiger partial charge in [-0.3, -0.25) is 4.79 Å². The molecule has 0 spiro atoms. The highest BCUT2D eigenvalue weighted by atomic mass is 16.4. The summed E-state index contributed by atoms with van der Waals surface area (Å²) in [5.41, 5.74) is 2.45. The Morgan fingerprint density at radius 3 is 2.35 bits per heavy atom. The summed E-state index contributed by atoms with van der Waals surface area (Å²) in [6.07, 6.45) is 2.60. The standard InChI is InChI=1S/C16H26N2O2/c1-4-5-11-18(3)15-8-6-14(7-9-15)13-17(2)12-10-16(19)20/h6-9H,4-5,10-13H2,1-3H3,(H,19,20). The van der Waals surface area contributed by atoms with Crippen LogP contribution < -0.4 is 4.90 Å². The Balaban J connectivity index is 2.47. The lowest BCUT2D eigenvalue weighted by Gasteiger charge is -2.20. The van der Waals surface area contributed by atoms with Crippen molar-refractivity contribution in [2.24, 2.45) is 0 Å². The zero-order chi connectivity index (χ0) is 15.0. The van der Waals surface area contributed by atoms with E-state index >= 15 is 0 Å². The molecule has 0 aliphatic carbocycles. The molecule has 4 heteroatoms. The first kappa shape index (κ1) is 16.5. The van der Waals surface area contributed by atoms with Gasteiger partial charge in [-0.2, -0.15) is 0 Å². The molecule has 0 saturated heterocycles. The third-order valence-electron chi connectivity index (χ3n) is 3.38. The van der Waals surface area contributed by atoms with Crippen molar-refractivity contribution in [1.82, 2.24) is 4.90 Å². The molecule has 1 aromatic carbocycles. The number of anilines is 1. The number of unbranched alkanes of at least 4 members (excludes halogenated alkanes) is 1. The van der Waals surface area contributed by atoms with Gasteiger partial charge in [0.25, 0.3) is 0 Å². The second-order valence-electron chi connectivity index (χ2n) is 5.32. The zero-order valence-electron chi connectivity index (χ0n) is 12.8. The molecule has 1 rings (SSSR count). The fourth-order valence-electron chi connectivity index (χ4n) is 2.06. The van der Waals surface area contributed by atoms with Gasteiger partial charge in [0.05, 0.1) is 6.42 Å². The third kappa shape index (κ3) is 6.06. The van der Waals surface area contributed by atoms with Crippen molar-refractivity contribution in [1.29, 1.82) is 0 Å². The number of carbonyl (C=O) groups is 1. The molecule has 0 radical (unpaired) electrons. The molecule has 0 atom stereocenters. The summed E-state index contributed by atoms with van der Waals surface area (Å²) >= 11 is 0. The van der Waals surface area contributed by atoms with E-state index in [1.54, 1.807) is 0 Å². The molecule has 112 valence electrons. The summed E-state index contributed by atoms with van der Waals surface area (Å²) in [5.74, 6) is -0.746. The van der Waals surface area contributed by atoms with Crippen LogP contribution in [0.3, 0.4) is 0 Å². The van der Waals surface area contributed by atoms with Crippen molar-refractivity contribution in [2.75, 3.05) is 32.1 Å². The van der Waals surface area contributed by atoms with E-state index in [1.807, 2.05) is 11.9 Å². The number of hydrogen-bond acceptors (Lipinski definition) is 3. The normalized spacial score (nSPS) is 10.8. The Kier molecular flexibility index (Phi) is 7.09. The molecule has 0 aromatic heterocycles. The minimum absolute atomic E-state index is 0.189. The summed E-state index contributed by atoms with van der Waals surface area (Å²) in [5, 5.41) is 8.66. The minimum atomic E-state index is -0.746. The van der Waals surface area contributed by atoms with Crippen LogP contribution in [0.2, 0.25) is 0 Å². The molecule has 4 nitrogen and oxygen atoms in total. The van der Waals surface area contributed by atoms with Crippen molar-refractivity contribution in [3.63, 3.8) is 0 Å². The topological polar surface area (TPSA) is 43.8 Å². The van der Waals surface area contributed by atoms with Gasteiger partial charge in [0, 0.05) is 32.4 Å². The van der Waals surface area contributed by atoms with Gasteiger partial charge in [-0.15, -0.1) is 0 Å². The second kappa shape index (κ2) is 8.59. The SMILES string of the molecule is CCCCN(C)c1ccc(CN(C)CCC(=O)O)cc1. The van der Waals surface area contributed by atoms with E-state index in [0.717, 1.165) is 13.1 Å². The highest BCUT2D eigenvalue weighted by Gasteiger charge is 2.05. The van der Waals surface area contributed by atoms with Crippen LogP contribution in [0.4, 0.5) is 5.69 Å². The molecular weight excluding hydrogens is 252 g/mol. The molecular formula is C16H26N2O2. The van der Waals surface area contributed by atoms with Gasteiger partial charge in [-0.25, -0.2) is 0 Å². The van der Waals surface area contributed by atoms with Crippen LogP contribution in [0.1, 0.15) is 31.7 Å². The molecule has 0 fully saturated rings. The summed E-state index contributed by atoms with van der Waals surface area (Å²) in [6, 6.07) is 8.51. The van der Waals surface area contributed by atoms with Gasteiger partial charge in [-0.1, -0.05) is 25.5 Å². The lowest BCUT2D eigenvalue weighted by molar-refractivity contribution is -0.137. The van der Waals surface area contributed by atoms with Gasteiger partial charge >= 0.3 is 5.97 Å². The van der Waals surface area contributed by atoms with Crippen molar-refractivity contribution in [3.05, 3.63) is 29.8 Å². The monoisotopic (exact) mass is 278 g/mol. The summed E-state index contributed by atoms with van der Waals surface area (Å²) in [7, 11) is 4.06. The summed E-state index contributed by atoms with van der Waals surface area (Å²) in [6.45, 7) is 4.64. The van der Waals surface area contributed by atoms with Crippen LogP contribution in [0, 0.1) is 0 Å². The molecule has 0 aliphatic heterocycles. The smallest absolute Gasteiger partial charge is 0.304 e. The fourth-order valence-corrected chi connectivity index (χ4v) is 2.06. The Hall–Kier alpha value is -1.55. The average molecular weight is 278 g/mol. The van der Waals surface area contributed by atoms with Crippen LogP contribution in [0.5, 0.6) is 0 Å². The lowest BCUT2D eigenvalue weighted by Crippen LogP contribution is -2.21. The maximum atomic E-state index is 10.5. The largest absolute Gasteiger partial charge is 0.481 e. The highest BCUT2D eigenvalue weighted by molar-refractivity contribution is 5.66. The fraction of sp³-hybridized carbons (Fsp3) is 0.562. The summed E-state index contributed by atoms with van der Waals surface area (Å²) in [4.78, 5) is 14.8. The zero-order valence-corrected chi connectivity index (χ0v) is 12.8. The maximum Gasteiger partial charge on any atom is 0.304 e. The molecule has 0 heterocycles.